The second kappa shape index (κ2) is 55.3. The molecule has 0 fully saturated rings. The third-order valence-corrected chi connectivity index (χ3v) is 6.32. The van der Waals surface area contributed by atoms with E-state index in [4.69, 9.17) is 22.1 Å². The van der Waals surface area contributed by atoms with Gasteiger partial charge in [0.1, 0.15) is 16.7 Å². The maximum absolute atomic E-state index is 5.12. The summed E-state index contributed by atoms with van der Waals surface area (Å²) < 4.78 is 25.3. The van der Waals surface area contributed by atoms with E-state index in [2.05, 4.69) is 124 Å². The average molecular weight is 1040 g/mol. The summed E-state index contributed by atoms with van der Waals surface area (Å²) in [7, 11) is 0. The van der Waals surface area contributed by atoms with Crippen LogP contribution in [0.3, 0.4) is 0 Å². The molecule has 75 heavy (non-hydrogen) atoms. The van der Waals surface area contributed by atoms with E-state index < -0.39 is 0 Å². The zero-order valence-corrected chi connectivity index (χ0v) is 51.7. The minimum atomic E-state index is 0.706. The van der Waals surface area contributed by atoms with Crippen molar-refractivity contribution in [3.8, 4) is 0 Å². The summed E-state index contributed by atoms with van der Waals surface area (Å²) in [6.45, 7) is 52.5. The van der Waals surface area contributed by atoms with Crippen molar-refractivity contribution < 1.29 is 22.1 Å². The minimum absolute atomic E-state index is 0.706. The molecular formula is C66H106N4O5. The maximum atomic E-state index is 5.12. The number of furan rings is 5. The van der Waals surface area contributed by atoms with Crippen LogP contribution in [0.15, 0.2) is 182 Å². The van der Waals surface area contributed by atoms with E-state index in [1.54, 1.807) is 68.5 Å². The number of benzene rings is 1. The molecule has 0 unspecified atom stereocenters. The molecule has 10 rings (SSSR count). The van der Waals surface area contributed by atoms with Crippen molar-refractivity contribution >= 4 is 55.1 Å². The van der Waals surface area contributed by atoms with Crippen LogP contribution in [0.5, 0.6) is 0 Å². The van der Waals surface area contributed by atoms with E-state index in [1.165, 1.54) is 0 Å². The maximum Gasteiger partial charge on any atom is 0.225 e. The van der Waals surface area contributed by atoms with Crippen LogP contribution >= 0.6 is 0 Å². The lowest BCUT2D eigenvalue weighted by Gasteiger charge is -1.81. The van der Waals surface area contributed by atoms with E-state index in [0.29, 0.717) is 5.71 Å². The molecule has 0 bridgehead atoms. The van der Waals surface area contributed by atoms with Gasteiger partial charge in [0.25, 0.3) is 0 Å². The molecule has 0 N–H and O–H groups in total. The number of hydrogen-bond donors (Lipinski definition) is 0. The molecule has 0 saturated heterocycles. The van der Waals surface area contributed by atoms with Crippen LogP contribution < -0.4 is 0 Å². The highest BCUT2D eigenvalue weighted by Crippen LogP contribution is 2.14. The fourth-order valence-electron chi connectivity index (χ4n) is 4.12. The summed E-state index contributed by atoms with van der Waals surface area (Å²) in [6.07, 6.45) is 18.7. The summed E-state index contributed by atoms with van der Waals surface area (Å²) in [4.78, 5) is 15.8. The second-order valence-corrected chi connectivity index (χ2v) is 17.9. The molecule has 9 heterocycles. The van der Waals surface area contributed by atoms with Gasteiger partial charge >= 0.3 is 0 Å². The molecule has 0 amide bonds. The highest BCUT2D eigenvalue weighted by Gasteiger charge is 1.94. The summed E-state index contributed by atoms with van der Waals surface area (Å²) in [5.41, 5.74) is 5.16. The Labute approximate surface area is 457 Å². The first kappa shape index (κ1) is 77.4. The fourth-order valence-corrected chi connectivity index (χ4v) is 4.12. The number of aromatic nitrogens is 4. The van der Waals surface area contributed by atoms with Gasteiger partial charge in [0, 0.05) is 58.6 Å². The van der Waals surface area contributed by atoms with Crippen LogP contribution in [0.25, 0.3) is 55.1 Å². The van der Waals surface area contributed by atoms with Crippen molar-refractivity contribution in [3.05, 3.63) is 159 Å². The average Bonchev–Trinajstić information content (AvgIpc) is 4.28. The Morgan fingerprint density at radius 2 is 0.627 bits per heavy atom. The molecule has 10 aromatic rings. The number of hydrogen-bond acceptors (Lipinski definition) is 9. The molecule has 1 aromatic carbocycles. The molecule has 0 radical (unpaired) electrons. The fraction of sp³-hybridized carbons (Fsp3) is 0.455. The Bertz CT molecular complexity index is 2010. The highest BCUT2D eigenvalue weighted by atomic mass is 16.3. The van der Waals surface area contributed by atoms with E-state index in [9.17, 15) is 0 Å². The van der Waals surface area contributed by atoms with Gasteiger partial charge < -0.3 is 22.1 Å². The molecule has 0 aliphatic heterocycles. The third kappa shape index (κ3) is 47.0. The number of pyridine rings is 4. The SMILES string of the molecule is CC.CC.CC.CC.CC.CC(C)C.CC(C)C.CC(C)C.CC(C)C.CC(C)C.c1cc2ccoc2cn1.c1cc2occc2cn1.c1ccc2occc2c1.c1cnc2ccoc2c1.c1cnc2occc2c1. The van der Waals surface area contributed by atoms with Gasteiger partial charge in [-0.2, -0.15) is 0 Å². The van der Waals surface area contributed by atoms with Gasteiger partial charge in [0.2, 0.25) is 5.71 Å². The van der Waals surface area contributed by atoms with Gasteiger partial charge in [-0.15, -0.1) is 0 Å². The number of fused-ring (bicyclic) bond motifs is 5. The lowest BCUT2D eigenvalue weighted by molar-refractivity contribution is 0.603. The van der Waals surface area contributed by atoms with Crippen LogP contribution in [0.2, 0.25) is 0 Å². The Morgan fingerprint density at radius 3 is 1.11 bits per heavy atom. The Morgan fingerprint density at radius 1 is 0.280 bits per heavy atom. The Balaban J connectivity index is -0.000000242. The smallest absolute Gasteiger partial charge is 0.225 e. The predicted octanol–water partition coefficient (Wildman–Crippen LogP) is 23.2. The van der Waals surface area contributed by atoms with Gasteiger partial charge in [-0.1, -0.05) is 191 Å². The zero-order valence-electron chi connectivity index (χ0n) is 51.7. The van der Waals surface area contributed by atoms with Gasteiger partial charge in [0.05, 0.1) is 37.5 Å². The molecule has 0 atom stereocenters. The van der Waals surface area contributed by atoms with Crippen LogP contribution in [0, 0.1) is 29.6 Å². The molecule has 9 heteroatoms. The van der Waals surface area contributed by atoms with Crippen molar-refractivity contribution in [2.45, 2.75) is 173 Å². The molecule has 0 saturated carbocycles. The van der Waals surface area contributed by atoms with Crippen molar-refractivity contribution in [1.82, 2.24) is 19.9 Å². The highest BCUT2D eigenvalue weighted by molar-refractivity contribution is 5.77. The number of nitrogens with zero attached hydrogens (tertiary/aromatic N) is 4. The lowest BCUT2D eigenvalue weighted by Crippen LogP contribution is -1.66. The van der Waals surface area contributed by atoms with Gasteiger partial charge in [-0.25, -0.2) is 4.98 Å². The van der Waals surface area contributed by atoms with E-state index in [0.717, 1.165) is 79.0 Å². The van der Waals surface area contributed by atoms with E-state index >= 15 is 0 Å². The standard InChI is InChI=1S/C8H6O.4C7H5NO.5C4H10.5C2H6/c1-2-4-8-7(3-1)5-6-9-8;1-3-8-5-6-2-4-9-7(1)6;1-3-8-5-7-6(1)2-4-9-7;1-2-7-6(8-4-1)3-5-9-7;1-2-6-3-5-9-7(6)8-4-1;5*1-4(2)3;5*1-2/h1-6H;4*1-5H;5*4H,1-3H3;5*1-2H3. The molecule has 420 valence electrons. The normalized spacial score (nSPS) is 8.93. The summed E-state index contributed by atoms with van der Waals surface area (Å²) in [6, 6.07) is 28.8. The third-order valence-electron chi connectivity index (χ3n) is 6.32. The van der Waals surface area contributed by atoms with Crippen molar-refractivity contribution in [3.63, 3.8) is 0 Å². The first-order chi connectivity index (χ1) is 36.0. The minimum Gasteiger partial charge on any atom is -0.464 e. The molecule has 0 aliphatic carbocycles. The first-order valence-electron chi connectivity index (χ1n) is 27.5. The van der Waals surface area contributed by atoms with Gasteiger partial charge in [-0.3, -0.25) is 15.0 Å². The topological polar surface area (TPSA) is 117 Å². The van der Waals surface area contributed by atoms with Crippen LogP contribution in [-0.4, -0.2) is 19.9 Å². The van der Waals surface area contributed by atoms with E-state index in [-0.39, 0.29) is 0 Å². The zero-order chi connectivity index (χ0) is 58.4. The second-order valence-electron chi connectivity index (χ2n) is 17.9. The monoisotopic (exact) mass is 1030 g/mol. The molecule has 0 spiro atoms. The van der Waals surface area contributed by atoms with Crippen molar-refractivity contribution in [2.75, 3.05) is 0 Å². The summed E-state index contributed by atoms with van der Waals surface area (Å²) in [5, 5.41) is 4.37. The number of rotatable bonds is 0. The molecule has 0 aliphatic rings. The van der Waals surface area contributed by atoms with Crippen molar-refractivity contribution in [1.29, 1.82) is 0 Å². The van der Waals surface area contributed by atoms with Crippen LogP contribution in [0.1, 0.15) is 173 Å². The van der Waals surface area contributed by atoms with Crippen LogP contribution in [-0.2, 0) is 0 Å². The Kier molecular flexibility index (Phi) is 57.1. The predicted molar refractivity (Wildman–Crippen MR) is 332 cm³/mol. The van der Waals surface area contributed by atoms with Gasteiger partial charge in [0.15, 0.2) is 11.2 Å². The molecule has 9 aromatic heterocycles. The lowest BCUT2D eigenvalue weighted by atomic mass is 10.3. The largest absolute Gasteiger partial charge is 0.464 e. The molecule has 9 nitrogen and oxygen atoms in total. The molecular weight excluding hydrogens is 929 g/mol. The first-order valence-corrected chi connectivity index (χ1v) is 27.5. The Hall–Kier alpha value is -6.48. The van der Waals surface area contributed by atoms with Crippen LogP contribution in [0.4, 0.5) is 0 Å². The summed E-state index contributed by atoms with van der Waals surface area (Å²) >= 11 is 0. The summed E-state index contributed by atoms with van der Waals surface area (Å²) in [5.74, 6) is 4.17. The van der Waals surface area contributed by atoms with Crippen molar-refractivity contribution in [2.24, 2.45) is 29.6 Å². The number of para-hydroxylation sites is 1. The van der Waals surface area contributed by atoms with E-state index in [1.807, 2.05) is 160 Å². The quantitative estimate of drug-likeness (QED) is 0.146. The van der Waals surface area contributed by atoms with Gasteiger partial charge in [-0.05, 0) is 96.3 Å².